The first kappa shape index (κ1) is 26.9. The van der Waals surface area contributed by atoms with Gasteiger partial charge in [-0.1, -0.05) is 5.57 Å². The summed E-state index contributed by atoms with van der Waals surface area (Å²) in [4.78, 5) is 11.5. The van der Waals surface area contributed by atoms with Crippen molar-refractivity contribution in [2.45, 2.75) is 19.4 Å². The molecule has 0 radical (unpaired) electrons. The Balaban J connectivity index is 0.000000455. The largest absolute Gasteiger partial charge is 0.390 e. The number of nitrogens with zero attached hydrogens (tertiary/aromatic N) is 5. The number of aliphatic hydroxyl groups is 1. The van der Waals surface area contributed by atoms with Crippen LogP contribution in [0.25, 0.3) is 22.7 Å². The zero-order valence-corrected chi connectivity index (χ0v) is 22.0. The number of hydrogen-bond donors (Lipinski definition) is 2. The highest BCUT2D eigenvalue weighted by Crippen LogP contribution is 2.24. The Hall–Kier alpha value is -3.70. The average molecular weight is 533 g/mol. The number of halogens is 1. The number of aromatic nitrogens is 4. The van der Waals surface area contributed by atoms with Gasteiger partial charge in [-0.05, 0) is 56.3 Å². The molecule has 204 valence electrons. The molecule has 4 aromatic rings. The van der Waals surface area contributed by atoms with Crippen molar-refractivity contribution in [1.29, 1.82) is 0 Å². The molecular formula is C29H33FN6O3. The van der Waals surface area contributed by atoms with Gasteiger partial charge in [0, 0.05) is 43.0 Å². The Morgan fingerprint density at radius 1 is 1.03 bits per heavy atom. The number of pyridine rings is 2. The van der Waals surface area contributed by atoms with E-state index in [9.17, 15) is 4.39 Å². The van der Waals surface area contributed by atoms with Crippen molar-refractivity contribution < 1.29 is 19.0 Å². The Bertz CT molecular complexity index is 1410. The summed E-state index contributed by atoms with van der Waals surface area (Å²) in [6, 6.07) is 12.3. The number of piperidine rings is 1. The molecule has 0 atom stereocenters. The maximum atomic E-state index is 14.8. The zero-order valence-electron chi connectivity index (χ0n) is 22.0. The molecule has 0 amide bonds. The van der Waals surface area contributed by atoms with Gasteiger partial charge < -0.3 is 24.8 Å². The fourth-order valence-corrected chi connectivity index (χ4v) is 4.36. The molecule has 2 aliphatic rings. The lowest BCUT2D eigenvalue weighted by Crippen LogP contribution is -2.26. The van der Waals surface area contributed by atoms with E-state index in [0.717, 1.165) is 69.0 Å². The van der Waals surface area contributed by atoms with Gasteiger partial charge in [-0.25, -0.2) is 19.0 Å². The van der Waals surface area contributed by atoms with Crippen molar-refractivity contribution >= 4 is 28.5 Å². The van der Waals surface area contributed by atoms with Crippen LogP contribution in [-0.2, 0) is 16.1 Å². The zero-order chi connectivity index (χ0) is 27.0. The smallest absolute Gasteiger partial charge is 0.148 e. The summed E-state index contributed by atoms with van der Waals surface area (Å²) in [6.45, 7) is 5.10. The minimum Gasteiger partial charge on any atom is -0.390 e. The van der Waals surface area contributed by atoms with E-state index in [4.69, 9.17) is 19.6 Å². The summed E-state index contributed by atoms with van der Waals surface area (Å²) in [5.41, 5.74) is 4.55. The molecule has 0 unspecified atom stereocenters. The molecule has 0 bridgehead atoms. The Labute approximate surface area is 226 Å². The second-order valence-corrected chi connectivity index (χ2v) is 9.53. The Kier molecular flexibility index (Phi) is 8.89. The number of likely N-dealkylation sites (tertiary alicyclic amines) is 1. The highest BCUT2D eigenvalue weighted by Gasteiger charge is 2.11. The van der Waals surface area contributed by atoms with Gasteiger partial charge >= 0.3 is 0 Å². The predicted octanol–water partition coefficient (Wildman–Crippen LogP) is 4.33. The summed E-state index contributed by atoms with van der Waals surface area (Å²) in [5, 5.41) is 17.3. The molecule has 0 spiro atoms. The quantitative estimate of drug-likeness (QED) is 0.392. The van der Waals surface area contributed by atoms with Crippen molar-refractivity contribution in [1.82, 2.24) is 24.6 Å². The number of ether oxygens (including phenoxy) is 2. The molecule has 2 N–H and O–H groups in total. The molecule has 0 saturated carbocycles. The van der Waals surface area contributed by atoms with Crippen molar-refractivity contribution in [3.05, 3.63) is 77.6 Å². The lowest BCUT2D eigenvalue weighted by Gasteiger charge is -2.23. The van der Waals surface area contributed by atoms with Gasteiger partial charge in [0.05, 0.1) is 61.3 Å². The second kappa shape index (κ2) is 12.9. The average Bonchev–Trinajstić information content (AvgIpc) is 3.46. The van der Waals surface area contributed by atoms with E-state index in [1.54, 1.807) is 30.6 Å². The van der Waals surface area contributed by atoms with Gasteiger partial charge in [0.15, 0.2) is 0 Å². The van der Waals surface area contributed by atoms with E-state index < -0.39 is 5.82 Å². The predicted molar refractivity (Wildman–Crippen MR) is 149 cm³/mol. The molecule has 10 heteroatoms. The minimum atomic E-state index is -0.427. The van der Waals surface area contributed by atoms with Gasteiger partial charge in [0.1, 0.15) is 11.6 Å². The topological polar surface area (TPSA) is 97.6 Å². The maximum Gasteiger partial charge on any atom is 0.148 e. The fraction of sp³-hybridized carbons (Fsp3) is 0.345. The van der Waals surface area contributed by atoms with Gasteiger partial charge in [0.2, 0.25) is 0 Å². The molecule has 1 aromatic carbocycles. The summed E-state index contributed by atoms with van der Waals surface area (Å²) >= 11 is 0. The molecule has 0 aliphatic carbocycles. The van der Waals surface area contributed by atoms with Crippen LogP contribution in [0, 0.1) is 5.82 Å². The normalized spacial score (nSPS) is 16.0. The molecule has 2 saturated heterocycles. The third-order valence-electron chi connectivity index (χ3n) is 6.61. The lowest BCUT2D eigenvalue weighted by atomic mass is 10.0. The first-order valence-electron chi connectivity index (χ1n) is 13.1. The van der Waals surface area contributed by atoms with Gasteiger partial charge in [-0.2, -0.15) is 5.10 Å². The van der Waals surface area contributed by atoms with Crippen LogP contribution in [0.5, 0.6) is 0 Å². The van der Waals surface area contributed by atoms with Gasteiger partial charge in [0.25, 0.3) is 0 Å². The third kappa shape index (κ3) is 7.24. The number of aliphatic hydroxyl groups excluding tert-OH is 1. The van der Waals surface area contributed by atoms with E-state index in [0.29, 0.717) is 22.9 Å². The Morgan fingerprint density at radius 2 is 1.79 bits per heavy atom. The summed E-state index contributed by atoms with van der Waals surface area (Å²) in [6.07, 6.45) is 7.73. The summed E-state index contributed by atoms with van der Waals surface area (Å²) < 4.78 is 26.2. The van der Waals surface area contributed by atoms with Crippen molar-refractivity contribution in [3.8, 4) is 5.69 Å². The van der Waals surface area contributed by atoms with Gasteiger partial charge in [-0.15, -0.1) is 0 Å². The monoisotopic (exact) mass is 532 g/mol. The maximum absolute atomic E-state index is 14.8. The molecule has 2 aliphatic heterocycles. The second-order valence-electron chi connectivity index (χ2n) is 9.53. The van der Waals surface area contributed by atoms with Crippen LogP contribution in [0.2, 0.25) is 0 Å². The number of anilines is 2. The van der Waals surface area contributed by atoms with E-state index in [1.165, 1.54) is 16.3 Å². The van der Waals surface area contributed by atoms with Gasteiger partial charge in [-0.3, -0.25) is 0 Å². The number of nitrogens with one attached hydrogen (secondary N) is 1. The fourth-order valence-electron chi connectivity index (χ4n) is 4.36. The summed E-state index contributed by atoms with van der Waals surface area (Å²) in [5.74, 6) is 0.0940. The van der Waals surface area contributed by atoms with Crippen LogP contribution in [0.1, 0.15) is 24.2 Å². The standard InChI is InChI=1S/C25H25FN6O.C4H8O2/c1-31-9-6-17(7-10-31)12-19-3-2-18-15-27-25(14-24(18)28-19)29-23-5-4-21(13-22(23)26)32-11-8-20(16-33)30-32;1-2-6-4-3-5-1/h2-5,8,11-15,33H,6-7,9-10,16H2,1H3,(H,27,29);1-4H2. The number of hydrogen-bond acceptors (Lipinski definition) is 8. The lowest BCUT2D eigenvalue weighted by molar-refractivity contribution is -0.0334. The number of fused-ring (bicyclic) bond motifs is 1. The first-order valence-corrected chi connectivity index (χ1v) is 13.1. The van der Waals surface area contributed by atoms with Crippen LogP contribution in [0.15, 0.2) is 60.4 Å². The van der Waals surface area contributed by atoms with Crippen LogP contribution < -0.4 is 5.32 Å². The SMILES string of the molecule is C1COCCO1.CN1CCC(=Cc2ccc3cnc(Nc4ccc(-n5ccc(CO)n5)cc4F)cc3n2)CC1. The van der Waals surface area contributed by atoms with E-state index >= 15 is 0 Å². The summed E-state index contributed by atoms with van der Waals surface area (Å²) in [7, 11) is 2.15. The molecule has 5 heterocycles. The van der Waals surface area contributed by atoms with E-state index in [2.05, 4.69) is 33.4 Å². The number of benzene rings is 1. The number of rotatable bonds is 5. The molecule has 3 aromatic heterocycles. The van der Waals surface area contributed by atoms with Crippen molar-refractivity contribution in [2.75, 3.05) is 51.9 Å². The Morgan fingerprint density at radius 3 is 2.46 bits per heavy atom. The molecule has 9 nitrogen and oxygen atoms in total. The first-order chi connectivity index (χ1) is 19.1. The van der Waals surface area contributed by atoms with Crippen molar-refractivity contribution in [3.63, 3.8) is 0 Å². The van der Waals surface area contributed by atoms with E-state index in [1.807, 2.05) is 18.2 Å². The molecule has 2 fully saturated rings. The van der Waals surface area contributed by atoms with Crippen LogP contribution >= 0.6 is 0 Å². The van der Waals surface area contributed by atoms with Crippen LogP contribution in [0.3, 0.4) is 0 Å². The highest BCUT2D eigenvalue weighted by atomic mass is 19.1. The molecule has 6 rings (SSSR count). The van der Waals surface area contributed by atoms with E-state index in [-0.39, 0.29) is 6.61 Å². The highest BCUT2D eigenvalue weighted by molar-refractivity contribution is 5.82. The molecule has 39 heavy (non-hydrogen) atoms. The van der Waals surface area contributed by atoms with Crippen molar-refractivity contribution in [2.24, 2.45) is 0 Å². The van der Waals surface area contributed by atoms with Crippen LogP contribution in [0.4, 0.5) is 15.9 Å². The van der Waals surface area contributed by atoms with Crippen LogP contribution in [-0.4, -0.2) is 76.3 Å². The minimum absolute atomic E-state index is 0.160. The molecular weight excluding hydrogens is 499 g/mol. The third-order valence-corrected chi connectivity index (χ3v) is 6.61.